The summed E-state index contributed by atoms with van der Waals surface area (Å²) in [7, 11) is 1.50. The van der Waals surface area contributed by atoms with Crippen LogP contribution in [0.25, 0.3) is 0 Å². The fourth-order valence-electron chi connectivity index (χ4n) is 3.32. The number of esters is 2. The number of allylic oxidation sites excluding steroid dienone is 2. The Morgan fingerprint density at radius 2 is 1.80 bits per heavy atom. The van der Waals surface area contributed by atoms with Gasteiger partial charge >= 0.3 is 11.9 Å². The third-order valence-corrected chi connectivity index (χ3v) is 4.85. The van der Waals surface area contributed by atoms with Gasteiger partial charge in [0.2, 0.25) is 0 Å². The molecule has 7 nitrogen and oxygen atoms in total. The third kappa shape index (κ3) is 5.02. The molecule has 1 atom stereocenters. The number of hydrogen-bond acceptors (Lipinski definition) is 7. The Morgan fingerprint density at radius 3 is 2.37 bits per heavy atom. The molecule has 0 aliphatic carbocycles. The van der Waals surface area contributed by atoms with E-state index in [2.05, 4.69) is 11.4 Å². The van der Waals surface area contributed by atoms with Gasteiger partial charge in [-0.3, -0.25) is 0 Å². The molecular weight excluding hydrogens is 408 g/mol. The van der Waals surface area contributed by atoms with Crippen LogP contribution in [-0.2, 0) is 23.8 Å². The van der Waals surface area contributed by atoms with Crippen LogP contribution in [0, 0.1) is 11.3 Å². The lowest BCUT2D eigenvalue weighted by Gasteiger charge is -2.31. The van der Waals surface area contributed by atoms with Crippen LogP contribution < -0.4 is 5.32 Å². The Kier molecular flexibility index (Phi) is 8.04. The number of methoxy groups -OCH3 is 1. The summed E-state index contributed by atoms with van der Waals surface area (Å²) in [5, 5.41) is 13.0. The van der Waals surface area contributed by atoms with E-state index in [0.29, 0.717) is 17.0 Å². The first-order valence-corrected chi connectivity index (χ1v) is 9.84. The maximum absolute atomic E-state index is 13.0. The molecule has 1 aromatic carbocycles. The first kappa shape index (κ1) is 23.5. The second-order valence-corrected chi connectivity index (χ2v) is 7.44. The van der Waals surface area contributed by atoms with Gasteiger partial charge in [-0.05, 0) is 39.3 Å². The third-order valence-electron chi connectivity index (χ3n) is 4.53. The van der Waals surface area contributed by atoms with Crippen molar-refractivity contribution in [1.82, 2.24) is 5.32 Å². The lowest BCUT2D eigenvalue weighted by Crippen LogP contribution is -2.33. The molecule has 1 heterocycles. The van der Waals surface area contributed by atoms with E-state index in [9.17, 15) is 14.9 Å². The molecule has 0 radical (unpaired) electrons. The normalized spacial score (nSPS) is 16.3. The molecule has 2 rings (SSSR count). The van der Waals surface area contributed by atoms with Gasteiger partial charge in [0, 0.05) is 18.5 Å². The van der Waals surface area contributed by atoms with Gasteiger partial charge in [0.25, 0.3) is 0 Å². The predicted molar refractivity (Wildman–Crippen MR) is 112 cm³/mol. The molecule has 1 aromatic rings. The smallest absolute Gasteiger partial charge is 0.337 e. The Bertz CT molecular complexity index is 943. The zero-order valence-corrected chi connectivity index (χ0v) is 18.4. The van der Waals surface area contributed by atoms with E-state index < -0.39 is 17.9 Å². The molecule has 0 aromatic heterocycles. The van der Waals surface area contributed by atoms with E-state index >= 15 is 0 Å². The van der Waals surface area contributed by atoms with Crippen molar-refractivity contribution in [3.05, 3.63) is 56.9 Å². The van der Waals surface area contributed by atoms with Crippen molar-refractivity contribution in [3.63, 3.8) is 0 Å². The van der Waals surface area contributed by atoms with Gasteiger partial charge in [-0.1, -0.05) is 23.7 Å². The SMILES string of the molecule is COCCOC(=O)C1=C(C)NC(C)=C(C(=O)OC(C)C)C1c1cccc(Cl)c1C#N. The van der Waals surface area contributed by atoms with Gasteiger partial charge in [0.05, 0.1) is 40.4 Å². The first-order chi connectivity index (χ1) is 14.2. The summed E-state index contributed by atoms with van der Waals surface area (Å²) in [5.41, 5.74) is 2.10. The van der Waals surface area contributed by atoms with Crippen LogP contribution in [0.2, 0.25) is 5.02 Å². The molecule has 0 spiro atoms. The number of halogens is 1. The monoisotopic (exact) mass is 432 g/mol. The summed E-state index contributed by atoms with van der Waals surface area (Å²) < 4.78 is 15.7. The predicted octanol–water partition coefficient (Wildman–Crippen LogP) is 3.59. The fourth-order valence-corrected chi connectivity index (χ4v) is 3.54. The summed E-state index contributed by atoms with van der Waals surface area (Å²) in [6.45, 7) is 7.18. The number of carbonyl (C=O) groups is 2. The molecule has 0 saturated heterocycles. The van der Waals surface area contributed by atoms with E-state index in [1.165, 1.54) is 7.11 Å². The van der Waals surface area contributed by atoms with Crippen LogP contribution in [0.1, 0.15) is 44.7 Å². The molecule has 1 N–H and O–H groups in total. The Balaban J connectivity index is 2.68. The molecule has 8 heteroatoms. The van der Waals surface area contributed by atoms with E-state index in [1.54, 1.807) is 45.9 Å². The number of carbonyl (C=O) groups excluding carboxylic acids is 2. The second kappa shape index (κ2) is 10.3. The number of nitrogens with one attached hydrogen (secondary N) is 1. The molecule has 1 aliphatic rings. The molecule has 30 heavy (non-hydrogen) atoms. The number of ether oxygens (including phenoxy) is 3. The van der Waals surface area contributed by atoms with Gasteiger partial charge in [-0.15, -0.1) is 0 Å². The van der Waals surface area contributed by atoms with Crippen molar-refractivity contribution in [1.29, 1.82) is 5.26 Å². The summed E-state index contributed by atoms with van der Waals surface area (Å²) in [4.78, 5) is 26.0. The molecule has 0 bridgehead atoms. The minimum absolute atomic E-state index is 0.0496. The molecule has 0 fully saturated rings. The Morgan fingerprint density at radius 1 is 1.17 bits per heavy atom. The molecule has 1 unspecified atom stereocenters. The first-order valence-electron chi connectivity index (χ1n) is 9.47. The van der Waals surface area contributed by atoms with E-state index in [4.69, 9.17) is 25.8 Å². The zero-order chi connectivity index (χ0) is 22.4. The lowest BCUT2D eigenvalue weighted by atomic mass is 9.78. The van der Waals surface area contributed by atoms with E-state index in [1.807, 2.05) is 0 Å². The minimum Gasteiger partial charge on any atom is -0.460 e. The highest BCUT2D eigenvalue weighted by molar-refractivity contribution is 6.31. The minimum atomic E-state index is -0.874. The van der Waals surface area contributed by atoms with E-state index in [0.717, 1.165) is 0 Å². The maximum Gasteiger partial charge on any atom is 0.337 e. The van der Waals surface area contributed by atoms with Crippen LogP contribution >= 0.6 is 11.6 Å². The number of nitriles is 1. The van der Waals surface area contributed by atoms with Crippen molar-refractivity contribution >= 4 is 23.5 Å². The van der Waals surface area contributed by atoms with Gasteiger partial charge in [-0.25, -0.2) is 9.59 Å². The van der Waals surface area contributed by atoms with Crippen molar-refractivity contribution in [3.8, 4) is 6.07 Å². The van der Waals surface area contributed by atoms with Crippen LogP contribution in [0.5, 0.6) is 0 Å². The maximum atomic E-state index is 13.0. The van der Waals surface area contributed by atoms with Crippen molar-refractivity contribution in [2.24, 2.45) is 0 Å². The number of hydrogen-bond donors (Lipinski definition) is 1. The average Bonchev–Trinajstić information content (AvgIpc) is 2.66. The highest BCUT2D eigenvalue weighted by Crippen LogP contribution is 2.41. The standard InChI is InChI=1S/C22H25ClN2O5/c1-12(2)30-22(27)19-14(4)25-13(3)18(21(26)29-10-9-28-5)20(19)15-7-6-8-17(23)16(15)11-24/h6-8,12,20,25H,9-10H2,1-5H3. The summed E-state index contributed by atoms with van der Waals surface area (Å²) in [5.74, 6) is -2.08. The molecule has 1 aliphatic heterocycles. The van der Waals surface area contributed by atoms with Gasteiger partial charge in [-0.2, -0.15) is 5.26 Å². The number of rotatable bonds is 7. The fraction of sp³-hybridized carbons (Fsp3) is 0.409. The highest BCUT2D eigenvalue weighted by atomic mass is 35.5. The highest BCUT2D eigenvalue weighted by Gasteiger charge is 2.39. The largest absolute Gasteiger partial charge is 0.460 e. The average molecular weight is 433 g/mol. The molecular formula is C22H25ClN2O5. The zero-order valence-electron chi connectivity index (χ0n) is 17.7. The molecule has 0 saturated carbocycles. The Hall–Kier alpha value is -2.82. The number of benzene rings is 1. The Labute approximate surface area is 181 Å². The molecule has 160 valence electrons. The van der Waals surface area contributed by atoms with Crippen molar-refractivity contribution in [2.45, 2.75) is 39.7 Å². The van der Waals surface area contributed by atoms with E-state index in [-0.39, 0.29) is 41.1 Å². The van der Waals surface area contributed by atoms with Crippen molar-refractivity contribution < 1.29 is 23.8 Å². The summed E-state index contributed by atoms with van der Waals surface area (Å²) in [6, 6.07) is 7.01. The van der Waals surface area contributed by atoms with Crippen LogP contribution in [0.3, 0.4) is 0 Å². The second-order valence-electron chi connectivity index (χ2n) is 7.03. The summed E-state index contributed by atoms with van der Waals surface area (Å²) >= 11 is 6.24. The van der Waals surface area contributed by atoms with Crippen LogP contribution in [0.15, 0.2) is 40.7 Å². The van der Waals surface area contributed by atoms with Gasteiger partial charge < -0.3 is 19.5 Å². The van der Waals surface area contributed by atoms with Crippen LogP contribution in [0.4, 0.5) is 0 Å². The molecule has 0 amide bonds. The topological polar surface area (TPSA) is 97.7 Å². The number of dihydropyridines is 1. The van der Waals surface area contributed by atoms with Crippen molar-refractivity contribution in [2.75, 3.05) is 20.3 Å². The number of nitrogens with zero attached hydrogens (tertiary/aromatic N) is 1. The van der Waals surface area contributed by atoms with Gasteiger partial charge in [0.15, 0.2) is 0 Å². The van der Waals surface area contributed by atoms with Gasteiger partial charge in [0.1, 0.15) is 12.7 Å². The lowest BCUT2D eigenvalue weighted by molar-refractivity contribution is -0.143. The summed E-state index contributed by atoms with van der Waals surface area (Å²) in [6.07, 6.45) is -0.364. The quantitative estimate of drug-likeness (QED) is 0.519. The van der Waals surface area contributed by atoms with Crippen LogP contribution in [-0.4, -0.2) is 38.4 Å².